The van der Waals surface area contributed by atoms with Gasteiger partial charge in [-0.05, 0) is 43.4 Å². The van der Waals surface area contributed by atoms with Crippen LogP contribution in [0.4, 0.5) is 5.69 Å². The largest absolute Gasteiger partial charge is 0.382 e. The highest BCUT2D eigenvalue weighted by Gasteiger charge is 2.17. The monoisotopic (exact) mass is 260 g/mol. The Morgan fingerprint density at radius 3 is 2.56 bits per heavy atom. The van der Waals surface area contributed by atoms with Gasteiger partial charge in [-0.25, -0.2) is 0 Å². The van der Waals surface area contributed by atoms with Crippen LogP contribution in [0, 0.1) is 12.3 Å². The molecule has 0 aromatic heterocycles. The van der Waals surface area contributed by atoms with Gasteiger partial charge >= 0.3 is 0 Å². The summed E-state index contributed by atoms with van der Waals surface area (Å²) in [5.74, 6) is 2.72. The summed E-state index contributed by atoms with van der Waals surface area (Å²) in [7, 11) is 0. The molecule has 96 valence electrons. The van der Waals surface area contributed by atoms with Crippen molar-refractivity contribution in [3.63, 3.8) is 0 Å². The number of nitrogens with zero attached hydrogens (tertiary/aromatic N) is 1. The lowest BCUT2D eigenvalue weighted by atomic mass is 10.0. The summed E-state index contributed by atoms with van der Waals surface area (Å²) < 4.78 is 0. The molecule has 1 aromatic carbocycles. The van der Waals surface area contributed by atoms with Crippen molar-refractivity contribution in [1.82, 2.24) is 4.90 Å². The van der Waals surface area contributed by atoms with E-state index >= 15 is 0 Å². The number of thioether (sulfide) groups is 1. The van der Waals surface area contributed by atoms with Gasteiger partial charge in [0.25, 0.3) is 0 Å². The lowest BCUT2D eigenvalue weighted by molar-refractivity contribution is 0.243. The molecule has 1 heterocycles. The number of anilines is 1. The number of hydrogen-bond acceptors (Lipinski definition) is 3. The van der Waals surface area contributed by atoms with Gasteiger partial charge in [-0.3, -0.25) is 4.90 Å². The Labute approximate surface area is 114 Å². The van der Waals surface area contributed by atoms with Crippen LogP contribution in [0.25, 0.3) is 0 Å². The number of nitrogens with one attached hydrogen (secondary N) is 1. The highest BCUT2D eigenvalue weighted by molar-refractivity contribution is 7.98. The van der Waals surface area contributed by atoms with Gasteiger partial charge in [0.05, 0.1) is 6.54 Å². The molecular formula is C15H20N2S. The predicted molar refractivity (Wildman–Crippen MR) is 80.1 cm³/mol. The lowest BCUT2D eigenvalue weighted by Crippen LogP contribution is -2.39. The summed E-state index contributed by atoms with van der Waals surface area (Å²) in [4.78, 5) is 3.65. The Morgan fingerprint density at radius 2 is 2.00 bits per heavy atom. The first-order valence-corrected chi connectivity index (χ1v) is 7.60. The minimum Gasteiger partial charge on any atom is -0.382 e. The molecule has 3 heteroatoms. The van der Waals surface area contributed by atoms with Gasteiger partial charge in [0.2, 0.25) is 0 Å². The fourth-order valence-electron chi connectivity index (χ4n) is 2.29. The van der Waals surface area contributed by atoms with Gasteiger partial charge in [-0.2, -0.15) is 0 Å². The Hall–Kier alpha value is -1.11. The maximum atomic E-state index is 5.34. The van der Waals surface area contributed by atoms with Crippen LogP contribution in [-0.4, -0.2) is 36.8 Å². The van der Waals surface area contributed by atoms with E-state index < -0.39 is 0 Å². The summed E-state index contributed by atoms with van der Waals surface area (Å²) in [5, 5.41) is 3.61. The van der Waals surface area contributed by atoms with Crippen molar-refractivity contribution in [2.75, 3.05) is 31.2 Å². The second-order valence-corrected chi connectivity index (χ2v) is 5.51. The smallest absolute Gasteiger partial charge is 0.0598 e. The molecule has 1 aliphatic rings. The van der Waals surface area contributed by atoms with Gasteiger partial charge in [0.15, 0.2) is 0 Å². The van der Waals surface area contributed by atoms with Gasteiger partial charge in [0, 0.05) is 29.7 Å². The molecule has 0 aliphatic carbocycles. The molecular weight excluding hydrogens is 240 g/mol. The van der Waals surface area contributed by atoms with E-state index in [1.807, 2.05) is 0 Å². The Balaban J connectivity index is 1.82. The molecule has 1 fully saturated rings. The van der Waals surface area contributed by atoms with E-state index in [4.69, 9.17) is 6.42 Å². The van der Waals surface area contributed by atoms with Crippen molar-refractivity contribution in [3.8, 4) is 12.3 Å². The molecule has 0 bridgehead atoms. The van der Waals surface area contributed by atoms with Crippen LogP contribution in [0.2, 0.25) is 0 Å². The SMILES string of the molecule is C#CCN1CCC(Nc2ccc(SC)cc2)CC1. The lowest BCUT2D eigenvalue weighted by Gasteiger charge is -2.31. The number of likely N-dealkylation sites (tertiary alicyclic amines) is 1. The molecule has 0 spiro atoms. The first kappa shape index (κ1) is 13.3. The van der Waals surface area contributed by atoms with Crippen LogP contribution >= 0.6 is 11.8 Å². The summed E-state index contributed by atoms with van der Waals surface area (Å²) in [6, 6.07) is 9.25. The third-order valence-corrected chi connectivity index (χ3v) is 4.11. The standard InChI is InChI=1S/C15H20N2S/c1-3-10-17-11-8-14(9-12-17)16-13-4-6-15(18-2)7-5-13/h1,4-7,14,16H,8-12H2,2H3. The third-order valence-electron chi connectivity index (χ3n) is 3.36. The highest BCUT2D eigenvalue weighted by Crippen LogP contribution is 2.20. The van der Waals surface area contributed by atoms with E-state index in [9.17, 15) is 0 Å². The van der Waals surface area contributed by atoms with E-state index in [-0.39, 0.29) is 0 Å². The third kappa shape index (κ3) is 3.69. The number of hydrogen-bond donors (Lipinski definition) is 1. The highest BCUT2D eigenvalue weighted by atomic mass is 32.2. The summed E-state index contributed by atoms with van der Waals surface area (Å²) in [6.07, 6.45) is 9.78. The quantitative estimate of drug-likeness (QED) is 0.662. The van der Waals surface area contributed by atoms with Crippen molar-refractivity contribution in [3.05, 3.63) is 24.3 Å². The number of benzene rings is 1. The molecule has 2 rings (SSSR count). The van der Waals surface area contributed by atoms with Crippen LogP contribution in [0.3, 0.4) is 0 Å². The van der Waals surface area contributed by atoms with E-state index in [0.717, 1.165) is 19.6 Å². The maximum Gasteiger partial charge on any atom is 0.0598 e. The molecule has 1 N–H and O–H groups in total. The Bertz CT molecular complexity index is 399. The predicted octanol–water partition coefficient (Wildman–Crippen LogP) is 2.92. The number of rotatable bonds is 4. The van der Waals surface area contributed by atoms with E-state index in [2.05, 4.69) is 46.7 Å². The molecule has 0 unspecified atom stereocenters. The molecule has 0 saturated carbocycles. The van der Waals surface area contributed by atoms with Crippen molar-refractivity contribution in [2.24, 2.45) is 0 Å². The van der Waals surface area contributed by atoms with Crippen molar-refractivity contribution < 1.29 is 0 Å². The maximum absolute atomic E-state index is 5.34. The minimum atomic E-state index is 0.583. The first-order valence-electron chi connectivity index (χ1n) is 6.38. The summed E-state index contributed by atoms with van der Waals surface area (Å²) >= 11 is 1.78. The molecule has 0 amide bonds. The fraction of sp³-hybridized carbons (Fsp3) is 0.467. The normalized spacial score (nSPS) is 17.3. The van der Waals surface area contributed by atoms with Crippen LogP contribution < -0.4 is 5.32 Å². The van der Waals surface area contributed by atoms with Gasteiger partial charge in [-0.15, -0.1) is 18.2 Å². The molecule has 1 saturated heterocycles. The number of piperidine rings is 1. The number of terminal acetylenes is 1. The average molecular weight is 260 g/mol. The summed E-state index contributed by atoms with van der Waals surface area (Å²) in [6.45, 7) is 2.99. The molecule has 18 heavy (non-hydrogen) atoms. The van der Waals surface area contributed by atoms with Gasteiger partial charge in [0.1, 0.15) is 0 Å². The molecule has 0 atom stereocenters. The summed E-state index contributed by atoms with van der Waals surface area (Å²) in [5.41, 5.74) is 1.23. The van der Waals surface area contributed by atoms with Crippen LogP contribution in [0.5, 0.6) is 0 Å². The van der Waals surface area contributed by atoms with E-state index in [0.29, 0.717) is 6.04 Å². The molecule has 1 aliphatic heterocycles. The topological polar surface area (TPSA) is 15.3 Å². The second-order valence-electron chi connectivity index (χ2n) is 4.63. The van der Waals surface area contributed by atoms with Crippen LogP contribution in [0.1, 0.15) is 12.8 Å². The van der Waals surface area contributed by atoms with Crippen LogP contribution in [-0.2, 0) is 0 Å². The van der Waals surface area contributed by atoms with Gasteiger partial charge in [-0.1, -0.05) is 5.92 Å². The molecule has 1 aromatic rings. The average Bonchev–Trinajstić information content (AvgIpc) is 2.42. The van der Waals surface area contributed by atoms with E-state index in [1.165, 1.54) is 23.4 Å². The molecule has 0 radical (unpaired) electrons. The second kappa shape index (κ2) is 6.72. The Morgan fingerprint density at radius 1 is 1.33 bits per heavy atom. The zero-order chi connectivity index (χ0) is 12.8. The first-order chi connectivity index (χ1) is 8.81. The van der Waals surface area contributed by atoms with Gasteiger partial charge < -0.3 is 5.32 Å². The zero-order valence-corrected chi connectivity index (χ0v) is 11.7. The van der Waals surface area contributed by atoms with Crippen molar-refractivity contribution >= 4 is 17.4 Å². The fourth-order valence-corrected chi connectivity index (χ4v) is 2.70. The Kier molecular flexibility index (Phi) is 4.98. The zero-order valence-electron chi connectivity index (χ0n) is 10.9. The minimum absolute atomic E-state index is 0.583. The van der Waals surface area contributed by atoms with E-state index in [1.54, 1.807) is 11.8 Å². The van der Waals surface area contributed by atoms with Crippen molar-refractivity contribution in [1.29, 1.82) is 0 Å². The molecule has 2 nitrogen and oxygen atoms in total. The van der Waals surface area contributed by atoms with Crippen molar-refractivity contribution in [2.45, 2.75) is 23.8 Å². The van der Waals surface area contributed by atoms with Crippen LogP contribution in [0.15, 0.2) is 29.2 Å².